The van der Waals surface area contributed by atoms with Crippen molar-refractivity contribution in [2.75, 3.05) is 5.32 Å². The van der Waals surface area contributed by atoms with Crippen molar-refractivity contribution in [1.82, 2.24) is 10.6 Å². The number of carbonyl (C=O) groups excluding carboxylic acids is 1. The number of nitrogens with one attached hydrogen (secondary N) is 3. The number of amides is 1. The van der Waals surface area contributed by atoms with Crippen LogP contribution in [-0.2, 0) is 4.79 Å². The lowest BCUT2D eigenvalue weighted by Gasteiger charge is -2.30. The van der Waals surface area contributed by atoms with Gasteiger partial charge in [0.25, 0.3) is 0 Å². The van der Waals surface area contributed by atoms with E-state index in [4.69, 9.17) is 47.0 Å². The Balaban J connectivity index is 1.81. The molecule has 0 aliphatic rings. The minimum atomic E-state index is -1.87. The zero-order chi connectivity index (χ0) is 23.1. The fourth-order valence-electron chi connectivity index (χ4n) is 3.06. The van der Waals surface area contributed by atoms with E-state index in [0.717, 1.165) is 21.3 Å². The number of para-hydroxylation sites is 1. The van der Waals surface area contributed by atoms with Crippen LogP contribution in [0.1, 0.15) is 17.0 Å². The lowest BCUT2D eigenvalue weighted by atomic mass is 9.90. The van der Waals surface area contributed by atoms with Gasteiger partial charge in [0.2, 0.25) is 9.70 Å². The molecule has 0 aromatic heterocycles. The molecule has 0 heterocycles. The number of carbonyl (C=O) groups is 1. The van der Waals surface area contributed by atoms with E-state index in [9.17, 15) is 4.79 Å². The number of alkyl halides is 3. The summed E-state index contributed by atoms with van der Waals surface area (Å²) >= 11 is 27.3. The molecule has 166 valence electrons. The summed E-state index contributed by atoms with van der Waals surface area (Å²) in [6, 6.07) is 26.2. The van der Waals surface area contributed by atoms with E-state index in [1.807, 2.05) is 84.9 Å². The van der Waals surface area contributed by atoms with Crippen molar-refractivity contribution < 1.29 is 4.79 Å². The predicted octanol–water partition coefficient (Wildman–Crippen LogP) is 6.38. The Labute approximate surface area is 215 Å². The molecule has 0 fully saturated rings. The maximum Gasteiger partial charge on any atom is 0.233 e. The van der Waals surface area contributed by atoms with Gasteiger partial charge in [-0.15, -0.1) is 0 Å². The second-order valence-electron chi connectivity index (χ2n) is 6.82. The third-order valence-electron chi connectivity index (χ3n) is 4.54. The van der Waals surface area contributed by atoms with Crippen molar-refractivity contribution >= 4 is 79.7 Å². The molecule has 3 rings (SSSR count). The highest BCUT2D eigenvalue weighted by molar-refractivity contribution is 9.10. The van der Waals surface area contributed by atoms with E-state index in [1.54, 1.807) is 0 Å². The summed E-state index contributed by atoms with van der Waals surface area (Å²) in [7, 11) is 0. The van der Waals surface area contributed by atoms with Gasteiger partial charge in [0.15, 0.2) is 5.11 Å². The maximum absolute atomic E-state index is 13.4. The number of benzene rings is 3. The molecule has 0 aliphatic carbocycles. The van der Waals surface area contributed by atoms with E-state index in [-0.39, 0.29) is 11.0 Å². The quantitative estimate of drug-likeness (QED) is 0.183. The SMILES string of the molecule is O=C(NC(NC(=S)Nc1ccccc1Br)C(Cl)(Cl)Cl)C(c1ccccc1)c1ccccc1. The number of thiocarbonyl (C=S) groups is 1. The standard InChI is InChI=1S/C23H19BrCl3N3OS/c24-17-13-7-8-14-18(17)28-22(32)30-21(23(25,26)27)29-20(31)19(15-9-3-1-4-10-15)16-11-5-2-6-12-16/h1-14,19,21H,(H,29,31)(H2,28,30,32). The first-order valence-electron chi connectivity index (χ1n) is 9.54. The fraction of sp³-hybridized carbons (Fsp3) is 0.130. The monoisotopic (exact) mass is 569 g/mol. The van der Waals surface area contributed by atoms with E-state index in [1.165, 1.54) is 0 Å². The average molecular weight is 572 g/mol. The fourth-order valence-corrected chi connectivity index (χ4v) is 4.00. The van der Waals surface area contributed by atoms with Gasteiger partial charge < -0.3 is 16.0 Å². The van der Waals surface area contributed by atoms with Crippen molar-refractivity contribution in [2.45, 2.75) is 15.9 Å². The molecule has 3 N–H and O–H groups in total. The van der Waals surface area contributed by atoms with Gasteiger partial charge in [0, 0.05) is 4.47 Å². The molecular weight excluding hydrogens is 553 g/mol. The zero-order valence-electron chi connectivity index (χ0n) is 16.6. The van der Waals surface area contributed by atoms with Crippen LogP contribution in [0.25, 0.3) is 0 Å². The Morgan fingerprint density at radius 1 is 0.812 bits per heavy atom. The van der Waals surface area contributed by atoms with Crippen LogP contribution in [0.5, 0.6) is 0 Å². The minimum Gasteiger partial charge on any atom is -0.339 e. The second-order valence-corrected chi connectivity index (χ2v) is 10.4. The van der Waals surface area contributed by atoms with Crippen molar-refractivity contribution in [3.8, 4) is 0 Å². The van der Waals surface area contributed by atoms with E-state index < -0.39 is 15.9 Å². The summed E-state index contributed by atoms with van der Waals surface area (Å²) in [6.45, 7) is 0. The zero-order valence-corrected chi connectivity index (χ0v) is 21.2. The van der Waals surface area contributed by atoms with Crippen LogP contribution in [0.2, 0.25) is 0 Å². The molecule has 0 aliphatic heterocycles. The summed E-state index contributed by atoms with van der Waals surface area (Å²) in [5.41, 5.74) is 2.35. The van der Waals surface area contributed by atoms with Gasteiger partial charge in [-0.2, -0.15) is 0 Å². The molecular formula is C23H19BrCl3N3OS. The third kappa shape index (κ3) is 6.83. The first kappa shape index (κ1) is 24.8. The normalized spacial score (nSPS) is 12.2. The largest absolute Gasteiger partial charge is 0.339 e. The van der Waals surface area contributed by atoms with E-state index in [2.05, 4.69) is 31.9 Å². The van der Waals surface area contributed by atoms with E-state index in [0.29, 0.717) is 0 Å². The van der Waals surface area contributed by atoms with Gasteiger partial charge in [-0.1, -0.05) is 108 Å². The smallest absolute Gasteiger partial charge is 0.233 e. The second kappa shape index (κ2) is 11.3. The molecule has 1 unspecified atom stereocenters. The third-order valence-corrected chi connectivity index (χ3v) is 6.11. The van der Waals surface area contributed by atoms with Crippen LogP contribution in [0, 0.1) is 0 Å². The van der Waals surface area contributed by atoms with Gasteiger partial charge in [-0.3, -0.25) is 4.79 Å². The average Bonchev–Trinajstić information content (AvgIpc) is 2.76. The Morgan fingerprint density at radius 3 is 1.81 bits per heavy atom. The topological polar surface area (TPSA) is 53.2 Å². The molecule has 9 heteroatoms. The lowest BCUT2D eigenvalue weighted by molar-refractivity contribution is -0.122. The molecule has 0 saturated carbocycles. The highest BCUT2D eigenvalue weighted by atomic mass is 79.9. The predicted molar refractivity (Wildman–Crippen MR) is 140 cm³/mol. The summed E-state index contributed by atoms with van der Waals surface area (Å²) < 4.78 is -1.06. The number of rotatable bonds is 6. The number of hydrogen-bond acceptors (Lipinski definition) is 2. The summed E-state index contributed by atoms with van der Waals surface area (Å²) in [5.74, 6) is -0.936. The van der Waals surface area contributed by atoms with Crippen LogP contribution < -0.4 is 16.0 Å². The first-order chi connectivity index (χ1) is 15.3. The molecule has 0 spiro atoms. The lowest BCUT2D eigenvalue weighted by Crippen LogP contribution is -2.57. The van der Waals surface area contributed by atoms with Crippen molar-refractivity contribution in [3.05, 3.63) is 101 Å². The maximum atomic E-state index is 13.4. The van der Waals surface area contributed by atoms with Crippen LogP contribution in [0.3, 0.4) is 0 Å². The van der Waals surface area contributed by atoms with Crippen LogP contribution >= 0.6 is 63.0 Å². The van der Waals surface area contributed by atoms with Crippen LogP contribution in [0.4, 0.5) is 5.69 Å². The number of anilines is 1. The Kier molecular flexibility index (Phi) is 8.79. The molecule has 1 atom stereocenters. The highest BCUT2D eigenvalue weighted by Crippen LogP contribution is 2.31. The Hall–Kier alpha value is -1.83. The Bertz CT molecular complexity index is 1030. The molecule has 0 bridgehead atoms. The van der Waals surface area contributed by atoms with Gasteiger partial charge in [0.05, 0.1) is 11.6 Å². The highest BCUT2D eigenvalue weighted by Gasteiger charge is 2.36. The van der Waals surface area contributed by atoms with Gasteiger partial charge >= 0.3 is 0 Å². The number of halogens is 4. The van der Waals surface area contributed by atoms with Crippen molar-refractivity contribution in [1.29, 1.82) is 0 Å². The molecule has 4 nitrogen and oxygen atoms in total. The van der Waals surface area contributed by atoms with E-state index >= 15 is 0 Å². The van der Waals surface area contributed by atoms with Crippen LogP contribution in [0.15, 0.2) is 89.4 Å². The molecule has 3 aromatic rings. The molecule has 3 aromatic carbocycles. The Morgan fingerprint density at radius 2 is 1.31 bits per heavy atom. The number of hydrogen-bond donors (Lipinski definition) is 3. The van der Waals surface area contributed by atoms with Crippen LogP contribution in [-0.4, -0.2) is 21.0 Å². The van der Waals surface area contributed by atoms with Gasteiger partial charge in [-0.05, 0) is 51.4 Å². The molecule has 0 radical (unpaired) electrons. The molecule has 1 amide bonds. The van der Waals surface area contributed by atoms with Crippen molar-refractivity contribution in [2.24, 2.45) is 0 Å². The molecule has 32 heavy (non-hydrogen) atoms. The molecule has 0 saturated heterocycles. The van der Waals surface area contributed by atoms with Gasteiger partial charge in [-0.25, -0.2) is 0 Å². The van der Waals surface area contributed by atoms with Gasteiger partial charge in [0.1, 0.15) is 6.17 Å². The summed E-state index contributed by atoms with van der Waals surface area (Å²) in [4.78, 5) is 13.4. The summed E-state index contributed by atoms with van der Waals surface area (Å²) in [6.07, 6.45) is -1.09. The summed E-state index contributed by atoms with van der Waals surface area (Å²) in [5, 5.41) is 8.90. The first-order valence-corrected chi connectivity index (χ1v) is 11.9. The van der Waals surface area contributed by atoms with Crippen molar-refractivity contribution in [3.63, 3.8) is 0 Å². The minimum absolute atomic E-state index is 0.185.